The quantitative estimate of drug-likeness (QED) is 0.202. The molecule has 1 atom stereocenters. The van der Waals surface area contributed by atoms with Gasteiger partial charge in [0.05, 0.1) is 24.2 Å². The zero-order valence-electron chi connectivity index (χ0n) is 25.3. The van der Waals surface area contributed by atoms with Crippen molar-refractivity contribution in [3.63, 3.8) is 0 Å². The van der Waals surface area contributed by atoms with Crippen molar-refractivity contribution < 1.29 is 22.7 Å². The Hall–Kier alpha value is -4.54. The SMILES string of the molecule is COc1ccc(CN(C(=O)CCc2ccc(S(=O)(=O)NC3CC3)cc2)C(Cc2ccccc2)C(=O)NCc2ccccn2)cc1. The number of benzene rings is 3. The molecule has 0 saturated heterocycles. The number of amides is 2. The lowest BCUT2D eigenvalue weighted by molar-refractivity contribution is -0.141. The highest BCUT2D eigenvalue weighted by molar-refractivity contribution is 7.89. The summed E-state index contributed by atoms with van der Waals surface area (Å²) in [4.78, 5) is 34.0. The molecule has 1 saturated carbocycles. The number of hydrogen-bond acceptors (Lipinski definition) is 6. The fraction of sp³-hybridized carbons (Fsp3) is 0.286. The molecule has 2 N–H and O–H groups in total. The van der Waals surface area contributed by atoms with Gasteiger partial charge < -0.3 is 15.0 Å². The average Bonchev–Trinajstić information content (AvgIpc) is 3.89. The van der Waals surface area contributed by atoms with Crippen molar-refractivity contribution in [1.82, 2.24) is 19.9 Å². The Bertz CT molecular complexity index is 1660. The number of nitrogens with one attached hydrogen (secondary N) is 2. The number of sulfonamides is 1. The lowest BCUT2D eigenvalue weighted by Crippen LogP contribution is -2.50. The zero-order chi connectivity index (χ0) is 31.6. The van der Waals surface area contributed by atoms with Crippen LogP contribution in [0, 0.1) is 0 Å². The van der Waals surface area contributed by atoms with Crippen LogP contribution in [-0.2, 0) is 45.5 Å². The van der Waals surface area contributed by atoms with Crippen molar-refractivity contribution in [3.05, 3.63) is 126 Å². The fourth-order valence-corrected chi connectivity index (χ4v) is 6.30. The van der Waals surface area contributed by atoms with Gasteiger partial charge in [-0.05, 0) is 72.4 Å². The second kappa shape index (κ2) is 15.0. The smallest absolute Gasteiger partial charge is 0.243 e. The topological polar surface area (TPSA) is 118 Å². The summed E-state index contributed by atoms with van der Waals surface area (Å²) in [5.41, 5.74) is 3.34. The Morgan fingerprint density at radius 2 is 1.58 bits per heavy atom. The molecule has 1 aliphatic rings. The summed E-state index contributed by atoms with van der Waals surface area (Å²) in [7, 11) is -1.96. The number of carbonyl (C=O) groups excluding carboxylic acids is 2. The normalized spacial score (nSPS) is 13.5. The van der Waals surface area contributed by atoms with Crippen molar-refractivity contribution in [2.75, 3.05) is 7.11 Å². The molecule has 0 aliphatic heterocycles. The Morgan fingerprint density at radius 1 is 0.889 bits per heavy atom. The highest BCUT2D eigenvalue weighted by Crippen LogP contribution is 2.23. The summed E-state index contributed by atoms with van der Waals surface area (Å²) in [6, 6.07) is 28.5. The number of nitrogens with zero attached hydrogens (tertiary/aromatic N) is 2. The lowest BCUT2D eigenvalue weighted by Gasteiger charge is -2.31. The van der Waals surface area contributed by atoms with Gasteiger partial charge in [-0.3, -0.25) is 14.6 Å². The van der Waals surface area contributed by atoms with Gasteiger partial charge >= 0.3 is 0 Å². The van der Waals surface area contributed by atoms with Crippen molar-refractivity contribution >= 4 is 21.8 Å². The number of rotatable bonds is 15. The van der Waals surface area contributed by atoms with Crippen LogP contribution in [0.4, 0.5) is 0 Å². The van der Waals surface area contributed by atoms with E-state index in [1.165, 1.54) is 0 Å². The summed E-state index contributed by atoms with van der Waals surface area (Å²) in [5.74, 6) is 0.235. The minimum atomic E-state index is -3.56. The first-order valence-corrected chi connectivity index (χ1v) is 16.5. The van der Waals surface area contributed by atoms with Crippen LogP contribution in [0.25, 0.3) is 0 Å². The monoisotopic (exact) mass is 626 g/mol. The summed E-state index contributed by atoms with van der Waals surface area (Å²) < 4.78 is 33.1. The lowest BCUT2D eigenvalue weighted by atomic mass is 10.0. The van der Waals surface area contributed by atoms with E-state index in [0.717, 1.165) is 35.2 Å². The second-order valence-corrected chi connectivity index (χ2v) is 12.9. The molecular formula is C35H38N4O5S. The van der Waals surface area contributed by atoms with Crippen molar-refractivity contribution in [2.24, 2.45) is 0 Å². The Labute approximate surface area is 264 Å². The van der Waals surface area contributed by atoms with Gasteiger partial charge in [-0.1, -0.05) is 60.7 Å². The van der Waals surface area contributed by atoms with Crippen molar-refractivity contribution in [2.45, 2.75) is 62.2 Å². The fourth-order valence-electron chi connectivity index (χ4n) is 5.00. The van der Waals surface area contributed by atoms with E-state index >= 15 is 0 Å². The molecule has 4 aromatic rings. The molecule has 1 aromatic heterocycles. The van der Waals surface area contributed by atoms with Gasteiger partial charge in [0, 0.05) is 31.6 Å². The molecule has 0 spiro atoms. The van der Waals surface area contributed by atoms with Gasteiger partial charge in [0.2, 0.25) is 21.8 Å². The third-order valence-electron chi connectivity index (χ3n) is 7.71. The Kier molecular flexibility index (Phi) is 10.6. The molecular weight excluding hydrogens is 588 g/mol. The maximum absolute atomic E-state index is 14.0. The van der Waals surface area contributed by atoms with E-state index in [-0.39, 0.29) is 42.3 Å². The van der Waals surface area contributed by atoms with Crippen LogP contribution in [0.2, 0.25) is 0 Å². The molecule has 0 bridgehead atoms. The third kappa shape index (κ3) is 9.23. The first-order chi connectivity index (χ1) is 21.8. The van der Waals surface area contributed by atoms with Crippen LogP contribution < -0.4 is 14.8 Å². The number of aryl methyl sites for hydroxylation is 1. The number of aromatic nitrogens is 1. The Balaban J connectivity index is 1.36. The molecule has 234 valence electrons. The van der Waals surface area contributed by atoms with E-state index in [9.17, 15) is 18.0 Å². The van der Waals surface area contributed by atoms with Crippen LogP contribution in [0.1, 0.15) is 41.6 Å². The predicted octanol–water partition coefficient (Wildman–Crippen LogP) is 4.42. The standard InChI is InChI=1S/C35H38N4O5S/c1-44-31-17-10-28(11-18-31)25-39(34(40)21-14-26-12-19-32(20-13-26)45(42,43)38-29-15-16-29)33(23-27-7-3-2-4-8-27)35(41)37-24-30-9-5-6-22-36-30/h2-13,17-20,22,29,33,38H,14-16,21,23-25H2,1H3,(H,37,41). The van der Waals surface area contributed by atoms with E-state index in [4.69, 9.17) is 4.74 Å². The van der Waals surface area contributed by atoms with Gasteiger partial charge in [-0.2, -0.15) is 0 Å². The molecule has 2 amide bonds. The van der Waals surface area contributed by atoms with Crippen LogP contribution in [0.15, 0.2) is 108 Å². The first-order valence-electron chi connectivity index (χ1n) is 15.1. The number of hydrogen-bond donors (Lipinski definition) is 2. The maximum Gasteiger partial charge on any atom is 0.243 e. The summed E-state index contributed by atoms with van der Waals surface area (Å²) in [6.45, 7) is 0.460. The van der Waals surface area contributed by atoms with Gasteiger partial charge in [0.15, 0.2) is 0 Å². The zero-order valence-corrected chi connectivity index (χ0v) is 26.1. The number of ether oxygens (including phenoxy) is 1. The second-order valence-electron chi connectivity index (χ2n) is 11.2. The molecule has 10 heteroatoms. The van der Waals surface area contributed by atoms with Gasteiger partial charge in [-0.15, -0.1) is 0 Å². The molecule has 1 heterocycles. The van der Waals surface area contributed by atoms with Gasteiger partial charge in [0.25, 0.3) is 0 Å². The molecule has 1 aliphatic carbocycles. The van der Waals surface area contributed by atoms with Crippen LogP contribution >= 0.6 is 0 Å². The van der Waals surface area contributed by atoms with Gasteiger partial charge in [-0.25, -0.2) is 13.1 Å². The molecule has 0 radical (unpaired) electrons. The highest BCUT2D eigenvalue weighted by atomic mass is 32.2. The molecule has 5 rings (SSSR count). The minimum Gasteiger partial charge on any atom is -0.497 e. The number of methoxy groups -OCH3 is 1. The molecule has 3 aromatic carbocycles. The van der Waals surface area contributed by atoms with E-state index in [1.807, 2.05) is 72.8 Å². The summed E-state index contributed by atoms with van der Waals surface area (Å²) >= 11 is 0. The van der Waals surface area contributed by atoms with Gasteiger partial charge in [0.1, 0.15) is 11.8 Å². The van der Waals surface area contributed by atoms with E-state index in [2.05, 4.69) is 15.0 Å². The van der Waals surface area contributed by atoms with Crippen molar-refractivity contribution in [1.29, 1.82) is 0 Å². The summed E-state index contributed by atoms with van der Waals surface area (Å²) in [5, 5.41) is 2.99. The van der Waals surface area contributed by atoms with Crippen molar-refractivity contribution in [3.8, 4) is 5.75 Å². The molecule has 1 unspecified atom stereocenters. The van der Waals surface area contributed by atoms with E-state index < -0.39 is 16.1 Å². The summed E-state index contributed by atoms with van der Waals surface area (Å²) in [6.07, 6.45) is 4.26. The average molecular weight is 627 g/mol. The Morgan fingerprint density at radius 3 is 2.22 bits per heavy atom. The minimum absolute atomic E-state index is 0.0222. The molecule has 1 fully saturated rings. The van der Waals surface area contributed by atoms with Crippen LogP contribution in [-0.4, -0.2) is 49.3 Å². The largest absolute Gasteiger partial charge is 0.497 e. The first kappa shape index (κ1) is 31.9. The molecule has 9 nitrogen and oxygen atoms in total. The maximum atomic E-state index is 14.0. The third-order valence-corrected chi connectivity index (χ3v) is 9.25. The van der Waals surface area contributed by atoms with Crippen LogP contribution in [0.3, 0.4) is 0 Å². The number of carbonyl (C=O) groups is 2. The molecule has 45 heavy (non-hydrogen) atoms. The number of pyridine rings is 1. The highest BCUT2D eigenvalue weighted by Gasteiger charge is 2.31. The van der Waals surface area contributed by atoms with E-state index in [1.54, 1.807) is 42.5 Å². The predicted molar refractivity (Wildman–Crippen MR) is 172 cm³/mol. The van der Waals surface area contributed by atoms with Crippen LogP contribution in [0.5, 0.6) is 5.75 Å². The van der Waals surface area contributed by atoms with E-state index in [0.29, 0.717) is 18.6 Å².